The van der Waals surface area contributed by atoms with E-state index in [1.165, 1.54) is 6.92 Å². The van der Waals surface area contributed by atoms with E-state index in [1.54, 1.807) is 0 Å². The molecule has 0 amide bonds. The third-order valence-corrected chi connectivity index (χ3v) is 1.30. The minimum atomic E-state index is -4.67. The molecule has 66 valence electrons. The Balaban J connectivity index is 2.69. The summed E-state index contributed by atoms with van der Waals surface area (Å²) in [6, 6.07) is 0. The van der Waals surface area contributed by atoms with E-state index in [2.05, 4.69) is 9.47 Å². The lowest BCUT2D eigenvalue weighted by Crippen LogP contribution is -2.54. The van der Waals surface area contributed by atoms with Crippen molar-refractivity contribution in [3.63, 3.8) is 0 Å². The number of nitrogens with two attached hydrogens (primary N) is 1. The van der Waals surface area contributed by atoms with Gasteiger partial charge in [0, 0.05) is 0 Å². The van der Waals surface area contributed by atoms with Crippen LogP contribution in [0, 0.1) is 0 Å². The molecule has 2 atom stereocenters. The van der Waals surface area contributed by atoms with Gasteiger partial charge < -0.3 is 9.47 Å². The molecule has 1 aliphatic rings. The fourth-order valence-electron chi connectivity index (χ4n) is 0.757. The molecule has 2 N–H and O–H groups in total. The maximum atomic E-state index is 11.9. The largest absolute Gasteiger partial charge is 0.459 e. The Morgan fingerprint density at radius 2 is 2.09 bits per heavy atom. The van der Waals surface area contributed by atoms with Crippen molar-refractivity contribution in [3.05, 3.63) is 0 Å². The van der Waals surface area contributed by atoms with Gasteiger partial charge in [-0.1, -0.05) is 0 Å². The van der Waals surface area contributed by atoms with Gasteiger partial charge in [0.25, 0.3) is 0 Å². The van der Waals surface area contributed by atoms with Crippen LogP contribution in [-0.4, -0.2) is 24.8 Å². The quantitative estimate of drug-likeness (QED) is 0.580. The van der Waals surface area contributed by atoms with Crippen molar-refractivity contribution in [2.24, 2.45) is 5.73 Å². The van der Waals surface area contributed by atoms with E-state index in [0.29, 0.717) is 0 Å². The molecule has 6 heteroatoms. The van der Waals surface area contributed by atoms with E-state index in [0.717, 1.165) is 0 Å². The molecular formula is C5H8F3NO2. The van der Waals surface area contributed by atoms with E-state index in [9.17, 15) is 13.2 Å². The van der Waals surface area contributed by atoms with Crippen LogP contribution in [0.5, 0.6) is 0 Å². The Kier molecular flexibility index (Phi) is 1.85. The molecule has 1 rings (SSSR count). The third kappa shape index (κ3) is 1.47. The Morgan fingerprint density at radius 3 is 2.27 bits per heavy atom. The summed E-state index contributed by atoms with van der Waals surface area (Å²) >= 11 is 0. The maximum Gasteiger partial charge on any atom is 0.459 e. The maximum absolute atomic E-state index is 11.9. The smallest absolute Gasteiger partial charge is 0.328 e. The van der Waals surface area contributed by atoms with Gasteiger partial charge in [-0.05, 0) is 6.92 Å². The third-order valence-electron chi connectivity index (χ3n) is 1.30. The molecule has 1 saturated heterocycles. The molecule has 11 heavy (non-hydrogen) atoms. The molecule has 1 fully saturated rings. The number of halogens is 3. The van der Waals surface area contributed by atoms with Crippen molar-refractivity contribution >= 4 is 0 Å². The fourth-order valence-corrected chi connectivity index (χ4v) is 0.757. The van der Waals surface area contributed by atoms with Gasteiger partial charge in [-0.3, -0.25) is 5.73 Å². The Bertz CT molecular complexity index is 160. The Labute approximate surface area is 61.3 Å². The first kappa shape index (κ1) is 8.76. The number of hydrogen-bond donors (Lipinski definition) is 1. The molecule has 0 aromatic heterocycles. The van der Waals surface area contributed by atoms with Crippen LogP contribution in [0.1, 0.15) is 6.92 Å². The lowest BCUT2D eigenvalue weighted by Gasteiger charge is -2.24. The van der Waals surface area contributed by atoms with Gasteiger partial charge in [0.1, 0.15) is 0 Å². The zero-order valence-electron chi connectivity index (χ0n) is 5.81. The first-order valence-electron chi connectivity index (χ1n) is 3.02. The van der Waals surface area contributed by atoms with Crippen molar-refractivity contribution in [1.82, 2.24) is 0 Å². The summed E-state index contributed by atoms with van der Waals surface area (Å²) in [6.45, 7) is 1.33. The fraction of sp³-hybridized carbons (Fsp3) is 1.00. The van der Waals surface area contributed by atoms with E-state index in [1.807, 2.05) is 0 Å². The molecule has 0 saturated carbocycles. The van der Waals surface area contributed by atoms with Gasteiger partial charge in [-0.2, -0.15) is 13.2 Å². The standard InChI is InChI=1S/C5H8F3NO2/c1-3-2-10-5(9,11-3)4(6,7)8/h3H,2,9H2,1H3/t3-,5-/m0/s1. The summed E-state index contributed by atoms with van der Waals surface area (Å²) < 4.78 is 44.4. The molecule has 0 aliphatic carbocycles. The highest BCUT2D eigenvalue weighted by Crippen LogP contribution is 2.34. The molecule has 0 aromatic rings. The second-order valence-electron chi connectivity index (χ2n) is 2.40. The summed E-state index contributed by atoms with van der Waals surface area (Å²) in [6.07, 6.45) is -5.28. The van der Waals surface area contributed by atoms with Crippen LogP contribution in [0.25, 0.3) is 0 Å². The van der Waals surface area contributed by atoms with Gasteiger partial charge in [0.2, 0.25) is 0 Å². The minimum Gasteiger partial charge on any atom is -0.328 e. The number of alkyl halides is 3. The van der Waals surface area contributed by atoms with E-state index >= 15 is 0 Å². The molecule has 0 unspecified atom stereocenters. The highest BCUT2D eigenvalue weighted by Gasteiger charge is 2.59. The summed E-state index contributed by atoms with van der Waals surface area (Å²) in [5, 5.41) is 0. The van der Waals surface area contributed by atoms with Crippen LogP contribution in [0.15, 0.2) is 0 Å². The highest BCUT2D eigenvalue weighted by molar-refractivity contribution is 4.78. The van der Waals surface area contributed by atoms with Crippen LogP contribution in [-0.2, 0) is 9.47 Å². The van der Waals surface area contributed by atoms with Crippen LogP contribution < -0.4 is 5.73 Å². The highest BCUT2D eigenvalue weighted by atomic mass is 19.4. The van der Waals surface area contributed by atoms with Crippen molar-refractivity contribution in [1.29, 1.82) is 0 Å². The first-order chi connectivity index (χ1) is 4.85. The van der Waals surface area contributed by atoms with Crippen molar-refractivity contribution in [2.75, 3.05) is 6.61 Å². The van der Waals surface area contributed by atoms with E-state index < -0.39 is 18.2 Å². The first-order valence-corrected chi connectivity index (χ1v) is 3.02. The van der Waals surface area contributed by atoms with Gasteiger partial charge in [-0.15, -0.1) is 0 Å². The summed E-state index contributed by atoms with van der Waals surface area (Å²) in [4.78, 5) is 0. The SMILES string of the molecule is C[C@H]1CO[C@@](N)(C(F)(F)F)O1. The predicted molar refractivity (Wildman–Crippen MR) is 29.5 cm³/mol. The second kappa shape index (κ2) is 2.33. The van der Waals surface area contributed by atoms with Crippen molar-refractivity contribution in [3.8, 4) is 0 Å². The predicted octanol–water partition coefficient (Wildman–Crippen LogP) is 0.597. The van der Waals surface area contributed by atoms with Crippen molar-refractivity contribution < 1.29 is 22.6 Å². The zero-order chi connectivity index (χ0) is 8.70. The summed E-state index contributed by atoms with van der Waals surface area (Å²) in [7, 11) is 0. The van der Waals surface area contributed by atoms with Gasteiger partial charge in [0.15, 0.2) is 0 Å². The lowest BCUT2D eigenvalue weighted by atomic mass is 10.4. The second-order valence-corrected chi connectivity index (χ2v) is 2.40. The van der Waals surface area contributed by atoms with Crippen LogP contribution in [0.2, 0.25) is 0 Å². The monoisotopic (exact) mass is 171 g/mol. The molecule has 0 spiro atoms. The van der Waals surface area contributed by atoms with Gasteiger partial charge in [0.05, 0.1) is 12.7 Å². The number of ether oxygens (including phenoxy) is 2. The van der Waals surface area contributed by atoms with Crippen LogP contribution in [0.4, 0.5) is 13.2 Å². The Morgan fingerprint density at radius 1 is 1.55 bits per heavy atom. The molecule has 1 heterocycles. The molecule has 0 bridgehead atoms. The molecule has 0 radical (unpaired) electrons. The molecule has 1 aliphatic heterocycles. The van der Waals surface area contributed by atoms with Gasteiger partial charge >= 0.3 is 12.1 Å². The summed E-state index contributed by atoms with van der Waals surface area (Å²) in [5.74, 6) is -2.90. The average molecular weight is 171 g/mol. The lowest BCUT2D eigenvalue weighted by molar-refractivity contribution is -0.344. The van der Waals surface area contributed by atoms with Crippen LogP contribution in [0.3, 0.4) is 0 Å². The van der Waals surface area contributed by atoms with E-state index in [-0.39, 0.29) is 6.61 Å². The molecule has 3 nitrogen and oxygen atoms in total. The molecular weight excluding hydrogens is 163 g/mol. The van der Waals surface area contributed by atoms with Gasteiger partial charge in [-0.25, -0.2) is 0 Å². The average Bonchev–Trinajstić information content (AvgIpc) is 2.10. The number of rotatable bonds is 0. The van der Waals surface area contributed by atoms with Crippen molar-refractivity contribution in [2.45, 2.75) is 25.1 Å². The normalized spacial score (nSPS) is 39.5. The molecule has 0 aromatic carbocycles. The summed E-state index contributed by atoms with van der Waals surface area (Å²) in [5.41, 5.74) is 4.76. The van der Waals surface area contributed by atoms with Crippen LogP contribution >= 0.6 is 0 Å². The number of hydrogen-bond acceptors (Lipinski definition) is 3. The minimum absolute atomic E-state index is 0.129. The topological polar surface area (TPSA) is 44.5 Å². The zero-order valence-corrected chi connectivity index (χ0v) is 5.81. The van der Waals surface area contributed by atoms with E-state index in [4.69, 9.17) is 5.73 Å². The Hall–Kier alpha value is -0.330.